The molecule has 0 bridgehead atoms. The van der Waals surface area contributed by atoms with Gasteiger partial charge in [0.25, 0.3) is 0 Å². The van der Waals surface area contributed by atoms with E-state index in [0.717, 1.165) is 6.42 Å². The molecule has 0 radical (unpaired) electrons. The van der Waals surface area contributed by atoms with Gasteiger partial charge in [0.2, 0.25) is 0 Å². The molecule has 1 heteroatoms. The normalized spacial score (nSPS) is 14.3. The van der Waals surface area contributed by atoms with Crippen LogP contribution < -0.4 is 5.32 Å². The number of allylic oxidation sites excluding steroid dienone is 1. The van der Waals surface area contributed by atoms with Crippen LogP contribution in [-0.4, -0.2) is 13.1 Å². The Morgan fingerprint density at radius 1 is 1.42 bits per heavy atom. The van der Waals surface area contributed by atoms with Crippen LogP contribution in [0.4, 0.5) is 0 Å². The Morgan fingerprint density at radius 3 is 2.33 bits per heavy atom. The summed E-state index contributed by atoms with van der Waals surface area (Å²) in [6, 6.07) is 0.642. The standard InChI is InChI=1S/C11H23N/c1-6-7-8-10(12-5)9-11(2,3)4/h6,10,12H,1,7-9H2,2-5H3. The molecule has 0 saturated carbocycles. The number of hydrogen-bond donors (Lipinski definition) is 1. The molecule has 1 atom stereocenters. The minimum atomic E-state index is 0.425. The van der Waals surface area contributed by atoms with Crippen molar-refractivity contribution in [2.24, 2.45) is 5.41 Å². The highest BCUT2D eigenvalue weighted by Gasteiger charge is 2.16. The zero-order chi connectivity index (χ0) is 9.61. The van der Waals surface area contributed by atoms with Gasteiger partial charge in [-0.25, -0.2) is 0 Å². The van der Waals surface area contributed by atoms with Gasteiger partial charge >= 0.3 is 0 Å². The molecule has 0 aromatic rings. The molecule has 1 nitrogen and oxygen atoms in total. The molecule has 12 heavy (non-hydrogen) atoms. The van der Waals surface area contributed by atoms with E-state index in [1.165, 1.54) is 12.8 Å². The maximum absolute atomic E-state index is 3.74. The van der Waals surface area contributed by atoms with E-state index in [2.05, 4.69) is 32.7 Å². The summed E-state index contributed by atoms with van der Waals surface area (Å²) in [5.41, 5.74) is 0.425. The summed E-state index contributed by atoms with van der Waals surface area (Å²) >= 11 is 0. The maximum atomic E-state index is 3.74. The average Bonchev–Trinajstić information content (AvgIpc) is 1.95. The zero-order valence-corrected chi connectivity index (χ0v) is 8.98. The predicted molar refractivity (Wildman–Crippen MR) is 56.4 cm³/mol. The monoisotopic (exact) mass is 169 g/mol. The van der Waals surface area contributed by atoms with Crippen molar-refractivity contribution in [2.75, 3.05) is 7.05 Å². The van der Waals surface area contributed by atoms with E-state index in [4.69, 9.17) is 0 Å². The second-order valence-electron chi connectivity index (χ2n) is 4.62. The Kier molecular flexibility index (Phi) is 5.23. The summed E-state index contributed by atoms with van der Waals surface area (Å²) in [6.45, 7) is 10.6. The van der Waals surface area contributed by atoms with Gasteiger partial charge in [-0.1, -0.05) is 26.8 Å². The topological polar surface area (TPSA) is 12.0 Å². The van der Waals surface area contributed by atoms with Crippen LogP contribution in [0.3, 0.4) is 0 Å². The highest BCUT2D eigenvalue weighted by molar-refractivity contribution is 4.77. The van der Waals surface area contributed by atoms with Crippen molar-refractivity contribution in [3.8, 4) is 0 Å². The lowest BCUT2D eigenvalue weighted by Crippen LogP contribution is -2.29. The minimum Gasteiger partial charge on any atom is -0.317 e. The Labute approximate surface area is 77.2 Å². The molecular weight excluding hydrogens is 146 g/mol. The Morgan fingerprint density at radius 2 is 2.00 bits per heavy atom. The molecule has 0 aliphatic rings. The fourth-order valence-corrected chi connectivity index (χ4v) is 1.41. The van der Waals surface area contributed by atoms with Gasteiger partial charge in [0.1, 0.15) is 0 Å². The molecule has 1 unspecified atom stereocenters. The molecule has 0 aromatic heterocycles. The maximum Gasteiger partial charge on any atom is 0.00719 e. The Balaban J connectivity index is 3.74. The smallest absolute Gasteiger partial charge is 0.00719 e. The molecule has 1 N–H and O–H groups in total. The lowest BCUT2D eigenvalue weighted by molar-refractivity contribution is 0.308. The molecule has 0 spiro atoms. The number of nitrogens with one attached hydrogen (secondary N) is 1. The van der Waals surface area contributed by atoms with E-state index in [0.29, 0.717) is 11.5 Å². The van der Waals surface area contributed by atoms with E-state index < -0.39 is 0 Å². The lowest BCUT2D eigenvalue weighted by atomic mass is 9.86. The van der Waals surface area contributed by atoms with E-state index in [1.54, 1.807) is 0 Å². The van der Waals surface area contributed by atoms with Gasteiger partial charge in [-0.3, -0.25) is 0 Å². The Bertz CT molecular complexity index is 121. The van der Waals surface area contributed by atoms with Gasteiger partial charge < -0.3 is 5.32 Å². The first-order chi connectivity index (χ1) is 5.49. The fraction of sp³-hybridized carbons (Fsp3) is 0.818. The van der Waals surface area contributed by atoms with E-state index in [1.807, 2.05) is 13.1 Å². The molecule has 0 saturated heterocycles. The van der Waals surface area contributed by atoms with Gasteiger partial charge in [0, 0.05) is 6.04 Å². The minimum absolute atomic E-state index is 0.425. The van der Waals surface area contributed by atoms with E-state index in [9.17, 15) is 0 Å². The molecule has 0 aromatic carbocycles. The number of rotatable bonds is 5. The fourth-order valence-electron chi connectivity index (χ4n) is 1.41. The van der Waals surface area contributed by atoms with Gasteiger partial charge in [0.15, 0.2) is 0 Å². The molecule has 0 aliphatic carbocycles. The van der Waals surface area contributed by atoms with Gasteiger partial charge in [0.05, 0.1) is 0 Å². The first-order valence-corrected chi connectivity index (χ1v) is 4.78. The Hall–Kier alpha value is -0.300. The summed E-state index contributed by atoms with van der Waals surface area (Å²) < 4.78 is 0. The van der Waals surface area contributed by atoms with Crippen LogP contribution in [0.25, 0.3) is 0 Å². The van der Waals surface area contributed by atoms with Crippen LogP contribution in [-0.2, 0) is 0 Å². The molecule has 0 fully saturated rings. The average molecular weight is 169 g/mol. The van der Waals surface area contributed by atoms with Crippen molar-refractivity contribution in [2.45, 2.75) is 46.1 Å². The molecule has 0 aliphatic heterocycles. The van der Waals surface area contributed by atoms with Gasteiger partial charge in [-0.2, -0.15) is 0 Å². The third-order valence-corrected chi connectivity index (χ3v) is 1.99. The molecule has 0 rings (SSSR count). The van der Waals surface area contributed by atoms with Crippen molar-refractivity contribution in [1.29, 1.82) is 0 Å². The van der Waals surface area contributed by atoms with Crippen LogP contribution in [0.5, 0.6) is 0 Å². The molecular formula is C11H23N. The van der Waals surface area contributed by atoms with Crippen molar-refractivity contribution in [3.63, 3.8) is 0 Å². The van der Waals surface area contributed by atoms with E-state index in [-0.39, 0.29) is 0 Å². The first-order valence-electron chi connectivity index (χ1n) is 4.78. The predicted octanol–water partition coefficient (Wildman–Crippen LogP) is 2.98. The summed E-state index contributed by atoms with van der Waals surface area (Å²) in [4.78, 5) is 0. The van der Waals surface area contributed by atoms with Gasteiger partial charge in [-0.15, -0.1) is 6.58 Å². The van der Waals surface area contributed by atoms with Crippen molar-refractivity contribution < 1.29 is 0 Å². The molecule has 72 valence electrons. The van der Waals surface area contributed by atoms with Crippen molar-refractivity contribution >= 4 is 0 Å². The third-order valence-electron chi connectivity index (χ3n) is 1.99. The molecule has 0 heterocycles. The largest absolute Gasteiger partial charge is 0.317 e. The van der Waals surface area contributed by atoms with Gasteiger partial charge in [-0.05, 0) is 31.7 Å². The SMILES string of the molecule is C=CCCC(CC(C)(C)C)NC. The summed E-state index contributed by atoms with van der Waals surface area (Å²) in [7, 11) is 2.04. The summed E-state index contributed by atoms with van der Waals surface area (Å²) in [6.07, 6.45) is 5.54. The third kappa shape index (κ3) is 6.41. The highest BCUT2D eigenvalue weighted by atomic mass is 14.9. The molecule has 0 amide bonds. The van der Waals surface area contributed by atoms with Crippen LogP contribution in [0.1, 0.15) is 40.0 Å². The highest BCUT2D eigenvalue weighted by Crippen LogP contribution is 2.22. The number of hydrogen-bond acceptors (Lipinski definition) is 1. The quantitative estimate of drug-likeness (QED) is 0.624. The summed E-state index contributed by atoms with van der Waals surface area (Å²) in [5, 5.41) is 3.35. The van der Waals surface area contributed by atoms with Crippen LogP contribution in [0.2, 0.25) is 0 Å². The summed E-state index contributed by atoms with van der Waals surface area (Å²) in [5.74, 6) is 0. The van der Waals surface area contributed by atoms with E-state index >= 15 is 0 Å². The second kappa shape index (κ2) is 5.36. The van der Waals surface area contributed by atoms with Crippen LogP contribution in [0, 0.1) is 5.41 Å². The van der Waals surface area contributed by atoms with Crippen LogP contribution >= 0.6 is 0 Å². The lowest BCUT2D eigenvalue weighted by Gasteiger charge is -2.25. The first kappa shape index (κ1) is 11.7. The second-order valence-corrected chi connectivity index (χ2v) is 4.62. The van der Waals surface area contributed by atoms with Crippen molar-refractivity contribution in [3.05, 3.63) is 12.7 Å². The van der Waals surface area contributed by atoms with Crippen molar-refractivity contribution in [1.82, 2.24) is 5.32 Å². The zero-order valence-electron chi connectivity index (χ0n) is 8.98. The van der Waals surface area contributed by atoms with Crippen LogP contribution in [0.15, 0.2) is 12.7 Å².